The number of hydrogen-bond acceptors (Lipinski definition) is 0. The van der Waals surface area contributed by atoms with Gasteiger partial charge in [0, 0.05) is 11.5 Å². The first-order chi connectivity index (χ1) is 5.29. The van der Waals surface area contributed by atoms with Crippen molar-refractivity contribution in [2.24, 2.45) is 5.92 Å². The second kappa shape index (κ2) is 2.25. The van der Waals surface area contributed by atoms with Crippen molar-refractivity contribution in [2.45, 2.75) is 19.8 Å². The van der Waals surface area contributed by atoms with Gasteiger partial charge in [-0.3, -0.25) is 0 Å². The molecule has 2 aliphatic rings. The van der Waals surface area contributed by atoms with Gasteiger partial charge in [-0.05, 0) is 30.1 Å². The summed E-state index contributed by atoms with van der Waals surface area (Å²) in [6, 6.07) is 0. The van der Waals surface area contributed by atoms with Crippen molar-refractivity contribution in [3.63, 3.8) is 0 Å². The normalized spacial score (nSPS) is 28.1. The first-order valence-corrected chi connectivity index (χ1v) is 4.14. The average molecular weight is 144 g/mol. The predicted octanol–water partition coefficient (Wildman–Crippen LogP) is 2.99. The van der Waals surface area contributed by atoms with Crippen LogP contribution >= 0.6 is 0 Å². The molecule has 2 rings (SSSR count). The van der Waals surface area contributed by atoms with Gasteiger partial charge in [0.15, 0.2) is 0 Å². The van der Waals surface area contributed by atoms with Gasteiger partial charge in [0.2, 0.25) is 0 Å². The Labute approximate surface area is 67.6 Å². The Morgan fingerprint density at radius 3 is 3.18 bits per heavy atom. The highest BCUT2D eigenvalue weighted by molar-refractivity contribution is 5.50. The van der Waals surface area contributed by atoms with Crippen LogP contribution in [0.4, 0.5) is 0 Å². The number of fused-ring (bicyclic) bond motifs is 1. The van der Waals surface area contributed by atoms with Crippen molar-refractivity contribution in [3.05, 3.63) is 41.2 Å². The van der Waals surface area contributed by atoms with Gasteiger partial charge in [0.05, 0.1) is 0 Å². The Hall–Kier alpha value is -1.00. The van der Waals surface area contributed by atoms with E-state index in [1.165, 1.54) is 23.1 Å². The average Bonchev–Trinajstić information content (AvgIpc) is 2.30. The predicted molar refractivity (Wildman–Crippen MR) is 47.2 cm³/mol. The van der Waals surface area contributed by atoms with E-state index in [2.05, 4.69) is 31.4 Å². The molecule has 0 aromatic heterocycles. The second-order valence-corrected chi connectivity index (χ2v) is 3.27. The Kier molecular flexibility index (Phi) is 1.37. The maximum Gasteiger partial charge on any atom is 0.0131 e. The third kappa shape index (κ3) is 0.911. The summed E-state index contributed by atoms with van der Waals surface area (Å²) in [4.78, 5) is 0. The van der Waals surface area contributed by atoms with Crippen LogP contribution in [0.5, 0.6) is 0 Å². The molecule has 1 atom stereocenters. The first-order valence-electron chi connectivity index (χ1n) is 4.14. The summed E-state index contributed by atoms with van der Waals surface area (Å²) in [5.74, 6) is 0.515. The van der Waals surface area contributed by atoms with Gasteiger partial charge >= 0.3 is 0 Å². The summed E-state index contributed by atoms with van der Waals surface area (Å²) in [7, 11) is 0. The fourth-order valence-electron chi connectivity index (χ4n) is 1.72. The fourth-order valence-corrected chi connectivity index (χ4v) is 1.72. The van der Waals surface area contributed by atoms with E-state index in [0.29, 0.717) is 5.92 Å². The van der Waals surface area contributed by atoms with Gasteiger partial charge in [-0.25, -0.2) is 0 Å². The van der Waals surface area contributed by atoms with Crippen molar-refractivity contribution in [3.8, 4) is 0 Å². The molecule has 0 amide bonds. The third-order valence-electron chi connectivity index (χ3n) is 2.51. The van der Waals surface area contributed by atoms with Crippen LogP contribution in [-0.4, -0.2) is 0 Å². The zero-order chi connectivity index (χ0) is 7.84. The fraction of sp³-hybridized carbons (Fsp3) is 0.364. The van der Waals surface area contributed by atoms with Crippen LogP contribution in [0.1, 0.15) is 19.8 Å². The number of rotatable bonds is 0. The van der Waals surface area contributed by atoms with Crippen LogP contribution in [0.2, 0.25) is 0 Å². The first kappa shape index (κ1) is 6.69. The quantitative estimate of drug-likeness (QED) is 0.458. The van der Waals surface area contributed by atoms with Crippen LogP contribution in [0.15, 0.2) is 41.2 Å². The molecule has 0 nitrogen and oxygen atoms in total. The van der Waals surface area contributed by atoms with Gasteiger partial charge in [0.1, 0.15) is 0 Å². The van der Waals surface area contributed by atoms with Crippen molar-refractivity contribution in [2.75, 3.05) is 0 Å². The largest absolute Gasteiger partial charge is 0.121 e. The van der Waals surface area contributed by atoms with Gasteiger partial charge in [-0.1, -0.05) is 19.6 Å². The summed E-state index contributed by atoms with van der Waals surface area (Å²) in [5.41, 5.74) is 7.41. The zero-order valence-electron chi connectivity index (χ0n) is 6.85. The van der Waals surface area contributed by atoms with E-state index < -0.39 is 0 Å². The van der Waals surface area contributed by atoms with Crippen LogP contribution in [-0.2, 0) is 0 Å². The molecule has 0 saturated heterocycles. The van der Waals surface area contributed by atoms with Crippen molar-refractivity contribution in [1.29, 1.82) is 0 Å². The molecule has 0 N–H and O–H groups in total. The van der Waals surface area contributed by atoms with E-state index in [4.69, 9.17) is 0 Å². The lowest BCUT2D eigenvalue weighted by molar-refractivity contribution is 0.840. The van der Waals surface area contributed by atoms with E-state index in [1.54, 1.807) is 0 Å². The lowest BCUT2D eigenvalue weighted by Crippen LogP contribution is -1.96. The molecule has 1 unspecified atom stereocenters. The lowest BCUT2D eigenvalue weighted by Gasteiger charge is -2.09. The topological polar surface area (TPSA) is 0 Å². The van der Waals surface area contributed by atoms with E-state index in [-0.39, 0.29) is 0 Å². The molecule has 11 heavy (non-hydrogen) atoms. The van der Waals surface area contributed by atoms with Gasteiger partial charge < -0.3 is 0 Å². The second-order valence-electron chi connectivity index (χ2n) is 3.27. The van der Waals surface area contributed by atoms with Crippen molar-refractivity contribution < 1.29 is 0 Å². The molecule has 2 aliphatic carbocycles. The minimum Gasteiger partial charge on any atom is -0.121 e. The third-order valence-corrected chi connectivity index (χ3v) is 2.51. The highest BCUT2D eigenvalue weighted by Crippen LogP contribution is 2.37. The standard InChI is InChI=1S/C11H12/c1-8-7-10-5-3-4-6-11(10)9(8)2/h4,7,9H,1,3,5H2,2H3. The maximum absolute atomic E-state index is 4.01. The van der Waals surface area contributed by atoms with Gasteiger partial charge in [-0.2, -0.15) is 0 Å². The van der Waals surface area contributed by atoms with E-state index in [0.717, 1.165) is 6.42 Å². The van der Waals surface area contributed by atoms with E-state index >= 15 is 0 Å². The Morgan fingerprint density at radius 1 is 1.64 bits per heavy atom. The minimum absolute atomic E-state index is 0.515. The molecule has 0 aromatic rings. The molecule has 0 heteroatoms. The van der Waals surface area contributed by atoms with Crippen LogP contribution < -0.4 is 0 Å². The van der Waals surface area contributed by atoms with Crippen LogP contribution in [0.3, 0.4) is 0 Å². The molecule has 0 bridgehead atoms. The minimum atomic E-state index is 0.515. The van der Waals surface area contributed by atoms with Crippen LogP contribution in [0, 0.1) is 5.92 Å². The summed E-state index contributed by atoms with van der Waals surface area (Å²) in [6.07, 6.45) is 6.70. The monoisotopic (exact) mass is 144 g/mol. The maximum atomic E-state index is 4.01. The zero-order valence-corrected chi connectivity index (χ0v) is 6.85. The Bertz CT molecular complexity index is 296. The molecule has 0 fully saturated rings. The molecule has 0 heterocycles. The number of allylic oxidation sites excluding steroid dienone is 4. The number of hydrogen-bond donors (Lipinski definition) is 0. The molecule has 0 spiro atoms. The van der Waals surface area contributed by atoms with Gasteiger partial charge in [-0.15, -0.1) is 5.73 Å². The molecule has 0 radical (unpaired) electrons. The Balaban J connectivity index is 2.52. The van der Waals surface area contributed by atoms with Gasteiger partial charge in [0.25, 0.3) is 0 Å². The molecule has 0 aliphatic heterocycles. The summed E-state index contributed by atoms with van der Waals surface area (Å²) >= 11 is 0. The summed E-state index contributed by atoms with van der Waals surface area (Å²) in [6.45, 7) is 6.21. The molecule has 0 saturated carbocycles. The lowest BCUT2D eigenvalue weighted by atomic mass is 9.94. The van der Waals surface area contributed by atoms with Crippen molar-refractivity contribution >= 4 is 0 Å². The molecular formula is C11H12. The van der Waals surface area contributed by atoms with E-state index in [1.807, 2.05) is 0 Å². The smallest absolute Gasteiger partial charge is 0.0131 e. The Morgan fingerprint density at radius 2 is 2.45 bits per heavy atom. The van der Waals surface area contributed by atoms with Crippen molar-refractivity contribution in [1.82, 2.24) is 0 Å². The summed E-state index contributed by atoms with van der Waals surface area (Å²) < 4.78 is 0. The van der Waals surface area contributed by atoms with E-state index in [9.17, 15) is 0 Å². The highest BCUT2D eigenvalue weighted by atomic mass is 14.3. The summed E-state index contributed by atoms with van der Waals surface area (Å²) in [5, 5.41) is 0. The molecule has 56 valence electrons. The molecular weight excluding hydrogens is 132 g/mol. The van der Waals surface area contributed by atoms with Crippen LogP contribution in [0.25, 0.3) is 0 Å². The highest BCUT2D eigenvalue weighted by Gasteiger charge is 2.22. The SMILES string of the molecule is C=C1C=C2CCC=C=C2C1C. The molecule has 0 aromatic carbocycles.